The number of amides is 1. The molecule has 1 aliphatic rings. The van der Waals surface area contributed by atoms with Crippen molar-refractivity contribution in [2.24, 2.45) is 17.6 Å². The Morgan fingerprint density at radius 3 is 2.06 bits per heavy atom. The molecule has 0 radical (unpaired) electrons. The second kappa shape index (κ2) is 4.62. The number of carbonyl (C=O) groups is 1. The fraction of sp³-hybridized carbons (Fsp3) is 0.917. The van der Waals surface area contributed by atoms with Gasteiger partial charge in [0.2, 0.25) is 0 Å². The average molecular weight is 228 g/mol. The highest BCUT2D eigenvalue weighted by Gasteiger charge is 2.33. The third-order valence-electron chi connectivity index (χ3n) is 2.98. The van der Waals surface area contributed by atoms with Crippen LogP contribution in [0.2, 0.25) is 0 Å². The molecule has 0 aromatic rings. The zero-order chi connectivity index (χ0) is 12.5. The number of hydrogen-bond donors (Lipinski definition) is 1. The van der Waals surface area contributed by atoms with E-state index in [4.69, 9.17) is 10.5 Å². The van der Waals surface area contributed by atoms with Gasteiger partial charge in [-0.3, -0.25) is 0 Å². The highest BCUT2D eigenvalue weighted by molar-refractivity contribution is 5.68. The molecule has 94 valence electrons. The van der Waals surface area contributed by atoms with E-state index in [0.29, 0.717) is 24.9 Å². The van der Waals surface area contributed by atoms with Crippen LogP contribution >= 0.6 is 0 Å². The van der Waals surface area contributed by atoms with Gasteiger partial charge in [-0.1, -0.05) is 13.8 Å². The highest BCUT2D eigenvalue weighted by Crippen LogP contribution is 2.22. The first kappa shape index (κ1) is 13.3. The SMILES string of the molecule is C[C@@H]1CN(C(=O)OC(C)(C)C)C[C@H](C)C1N. The van der Waals surface area contributed by atoms with Crippen molar-refractivity contribution in [1.29, 1.82) is 0 Å². The molecule has 0 bridgehead atoms. The van der Waals surface area contributed by atoms with E-state index in [0.717, 1.165) is 0 Å². The lowest BCUT2D eigenvalue weighted by molar-refractivity contribution is 0.00920. The van der Waals surface area contributed by atoms with Gasteiger partial charge < -0.3 is 15.4 Å². The molecule has 0 aromatic carbocycles. The Balaban J connectivity index is 2.58. The molecule has 1 aliphatic heterocycles. The molecular formula is C12H24N2O2. The summed E-state index contributed by atoms with van der Waals surface area (Å²) < 4.78 is 5.36. The average Bonchev–Trinajstić information content (AvgIpc) is 2.10. The van der Waals surface area contributed by atoms with E-state index in [1.54, 1.807) is 4.90 Å². The summed E-state index contributed by atoms with van der Waals surface area (Å²) in [5, 5.41) is 0. The molecule has 16 heavy (non-hydrogen) atoms. The standard InChI is InChI=1S/C12H24N2O2/c1-8-6-14(7-9(2)10(8)13)11(15)16-12(3,4)5/h8-10H,6-7,13H2,1-5H3/t8-,9+,10?. The first-order chi connectivity index (χ1) is 7.20. The maximum Gasteiger partial charge on any atom is 0.410 e. The van der Waals surface area contributed by atoms with Crippen LogP contribution in [0.25, 0.3) is 0 Å². The van der Waals surface area contributed by atoms with Crippen molar-refractivity contribution in [3.8, 4) is 0 Å². The molecule has 1 fully saturated rings. The smallest absolute Gasteiger partial charge is 0.410 e. The van der Waals surface area contributed by atoms with E-state index < -0.39 is 5.60 Å². The number of nitrogens with two attached hydrogens (primary N) is 1. The fourth-order valence-electron chi connectivity index (χ4n) is 2.05. The summed E-state index contributed by atoms with van der Waals surface area (Å²) in [6, 6.07) is 0.179. The van der Waals surface area contributed by atoms with E-state index in [1.165, 1.54) is 0 Å². The van der Waals surface area contributed by atoms with Crippen LogP contribution in [-0.4, -0.2) is 35.7 Å². The van der Waals surface area contributed by atoms with Gasteiger partial charge in [-0.05, 0) is 32.6 Å². The van der Waals surface area contributed by atoms with Crippen molar-refractivity contribution < 1.29 is 9.53 Å². The Kier molecular flexibility index (Phi) is 3.84. The number of ether oxygens (including phenoxy) is 1. The number of piperidine rings is 1. The maximum absolute atomic E-state index is 11.9. The highest BCUT2D eigenvalue weighted by atomic mass is 16.6. The van der Waals surface area contributed by atoms with E-state index in [9.17, 15) is 4.79 Å². The monoisotopic (exact) mass is 228 g/mol. The summed E-state index contributed by atoms with van der Waals surface area (Å²) in [5.41, 5.74) is 5.61. The van der Waals surface area contributed by atoms with E-state index >= 15 is 0 Å². The van der Waals surface area contributed by atoms with Gasteiger partial charge >= 0.3 is 6.09 Å². The minimum atomic E-state index is -0.427. The summed E-state index contributed by atoms with van der Waals surface area (Å²) in [6.45, 7) is 11.2. The van der Waals surface area contributed by atoms with Gasteiger partial charge in [-0.2, -0.15) is 0 Å². The number of carbonyl (C=O) groups excluding carboxylic acids is 1. The van der Waals surface area contributed by atoms with Crippen molar-refractivity contribution in [2.45, 2.75) is 46.3 Å². The van der Waals surface area contributed by atoms with Crippen LogP contribution in [0.3, 0.4) is 0 Å². The molecular weight excluding hydrogens is 204 g/mol. The van der Waals surface area contributed by atoms with Gasteiger partial charge in [0.05, 0.1) is 0 Å². The fourth-order valence-corrected chi connectivity index (χ4v) is 2.05. The Labute approximate surface area is 98.1 Å². The van der Waals surface area contributed by atoms with E-state index in [-0.39, 0.29) is 12.1 Å². The topological polar surface area (TPSA) is 55.6 Å². The molecule has 1 unspecified atom stereocenters. The molecule has 1 saturated heterocycles. The van der Waals surface area contributed by atoms with Gasteiger partial charge in [0.25, 0.3) is 0 Å². The second-order valence-electron chi connectivity index (χ2n) is 5.92. The summed E-state index contributed by atoms with van der Waals surface area (Å²) in [6.07, 6.45) is -0.224. The molecule has 0 saturated carbocycles. The molecule has 0 spiro atoms. The van der Waals surface area contributed by atoms with Crippen molar-refractivity contribution in [3.05, 3.63) is 0 Å². The zero-order valence-corrected chi connectivity index (χ0v) is 11.0. The first-order valence-corrected chi connectivity index (χ1v) is 5.94. The third kappa shape index (κ3) is 3.37. The predicted molar refractivity (Wildman–Crippen MR) is 64.1 cm³/mol. The molecule has 0 aromatic heterocycles. The van der Waals surface area contributed by atoms with Gasteiger partial charge in [-0.25, -0.2) is 4.79 Å². The van der Waals surface area contributed by atoms with E-state index in [1.807, 2.05) is 20.8 Å². The number of hydrogen-bond acceptors (Lipinski definition) is 3. The first-order valence-electron chi connectivity index (χ1n) is 5.94. The molecule has 2 N–H and O–H groups in total. The van der Waals surface area contributed by atoms with Crippen LogP contribution in [0.15, 0.2) is 0 Å². The third-order valence-corrected chi connectivity index (χ3v) is 2.98. The van der Waals surface area contributed by atoms with Crippen molar-refractivity contribution in [1.82, 2.24) is 4.90 Å². The molecule has 1 amide bonds. The molecule has 1 heterocycles. The van der Waals surface area contributed by atoms with Gasteiger partial charge in [0.1, 0.15) is 5.60 Å². The van der Waals surface area contributed by atoms with Crippen LogP contribution < -0.4 is 5.73 Å². The largest absolute Gasteiger partial charge is 0.444 e. The number of rotatable bonds is 0. The summed E-state index contributed by atoms with van der Waals surface area (Å²) in [7, 11) is 0. The molecule has 4 nitrogen and oxygen atoms in total. The van der Waals surface area contributed by atoms with Crippen LogP contribution in [0.1, 0.15) is 34.6 Å². The molecule has 0 aliphatic carbocycles. The summed E-state index contributed by atoms with van der Waals surface area (Å²) in [5.74, 6) is 0.660. The quantitative estimate of drug-likeness (QED) is 0.688. The van der Waals surface area contributed by atoms with Crippen LogP contribution in [0.4, 0.5) is 4.79 Å². The maximum atomic E-state index is 11.9. The van der Waals surface area contributed by atoms with Crippen LogP contribution in [0.5, 0.6) is 0 Å². The molecule has 1 rings (SSSR count). The van der Waals surface area contributed by atoms with Gasteiger partial charge in [0.15, 0.2) is 0 Å². The van der Waals surface area contributed by atoms with Crippen LogP contribution in [0, 0.1) is 11.8 Å². The minimum absolute atomic E-state index is 0.179. The van der Waals surface area contributed by atoms with E-state index in [2.05, 4.69) is 13.8 Å². The lowest BCUT2D eigenvalue weighted by atomic mass is 9.87. The zero-order valence-electron chi connectivity index (χ0n) is 11.0. The Bertz CT molecular complexity index is 248. The minimum Gasteiger partial charge on any atom is -0.444 e. The van der Waals surface area contributed by atoms with Gasteiger partial charge in [-0.15, -0.1) is 0 Å². The summed E-state index contributed by atoms with van der Waals surface area (Å²) >= 11 is 0. The summed E-state index contributed by atoms with van der Waals surface area (Å²) in [4.78, 5) is 13.6. The molecule has 4 heteroatoms. The number of likely N-dealkylation sites (tertiary alicyclic amines) is 1. The Morgan fingerprint density at radius 2 is 1.69 bits per heavy atom. The lowest BCUT2D eigenvalue weighted by Gasteiger charge is -2.39. The van der Waals surface area contributed by atoms with Crippen molar-refractivity contribution in [2.75, 3.05) is 13.1 Å². The predicted octanol–water partition coefficient (Wildman–Crippen LogP) is 1.84. The second-order valence-corrected chi connectivity index (χ2v) is 5.92. The van der Waals surface area contributed by atoms with Gasteiger partial charge in [0, 0.05) is 19.1 Å². The normalized spacial score (nSPS) is 31.4. The Hall–Kier alpha value is -0.770. The van der Waals surface area contributed by atoms with Crippen molar-refractivity contribution >= 4 is 6.09 Å². The molecule has 3 atom stereocenters. The Morgan fingerprint density at radius 1 is 1.25 bits per heavy atom. The lowest BCUT2D eigenvalue weighted by Crippen LogP contribution is -2.53. The number of nitrogens with zero attached hydrogens (tertiary/aromatic N) is 1. The van der Waals surface area contributed by atoms with Crippen molar-refractivity contribution in [3.63, 3.8) is 0 Å². The van der Waals surface area contributed by atoms with Crippen LogP contribution in [-0.2, 0) is 4.74 Å².